The van der Waals surface area contributed by atoms with Crippen molar-refractivity contribution in [3.05, 3.63) is 39.9 Å². The van der Waals surface area contributed by atoms with Crippen LogP contribution in [0.5, 0.6) is 0 Å². The maximum absolute atomic E-state index is 13.9. The second-order valence-electron chi connectivity index (χ2n) is 4.04. The molecule has 3 nitrogen and oxygen atoms in total. The van der Waals surface area contributed by atoms with Crippen molar-refractivity contribution in [2.24, 2.45) is 0 Å². The lowest BCUT2D eigenvalue weighted by Gasteiger charge is -2.35. The van der Waals surface area contributed by atoms with Gasteiger partial charge in [-0.1, -0.05) is 12.1 Å². The molecule has 1 atom stereocenters. The first-order chi connectivity index (χ1) is 9.66. The third-order valence-electron chi connectivity index (χ3n) is 2.63. The number of nitro benzene ring substituents is 1. The summed E-state index contributed by atoms with van der Waals surface area (Å²) in [5, 5.41) is 10.4. The summed E-state index contributed by atoms with van der Waals surface area (Å²) in [6.45, 7) is 0. The molecule has 124 valence electrons. The highest BCUT2D eigenvalue weighted by Crippen LogP contribution is 2.58. The summed E-state index contributed by atoms with van der Waals surface area (Å²) in [4.78, 5) is 9.00. The smallest absolute Gasteiger partial charge is 0.258 e. The van der Waals surface area contributed by atoms with Crippen molar-refractivity contribution in [2.45, 2.75) is 23.9 Å². The lowest BCUT2D eigenvalue weighted by molar-refractivity contribution is -0.391. The molecule has 0 radical (unpaired) electrons. The number of non-ortho nitro benzene ring substituents is 1. The largest absolute Gasteiger partial charge is 0.457 e. The molecule has 1 rings (SSSR count). The molecule has 0 aromatic heterocycles. The van der Waals surface area contributed by atoms with Crippen LogP contribution in [-0.4, -0.2) is 23.2 Å². The highest BCUT2D eigenvalue weighted by atomic mass is 19.4. The van der Waals surface area contributed by atoms with E-state index in [4.69, 9.17) is 0 Å². The van der Waals surface area contributed by atoms with E-state index in [1.54, 1.807) is 0 Å². The quantitative estimate of drug-likeness (QED) is 0.461. The van der Waals surface area contributed by atoms with Crippen molar-refractivity contribution in [3.63, 3.8) is 0 Å². The summed E-state index contributed by atoms with van der Waals surface area (Å²) in [6, 6.07) is 0.499. The van der Waals surface area contributed by atoms with Crippen molar-refractivity contribution in [3.8, 4) is 0 Å². The Kier molecular flexibility index (Phi) is 4.12. The van der Waals surface area contributed by atoms with E-state index in [-0.39, 0.29) is 12.1 Å². The third-order valence-corrected chi connectivity index (χ3v) is 2.63. The predicted octanol–water partition coefficient (Wildman–Crippen LogP) is 4.52. The van der Waals surface area contributed by atoms with E-state index in [2.05, 4.69) is 0 Å². The zero-order valence-electron chi connectivity index (χ0n) is 9.97. The summed E-state index contributed by atoms with van der Waals surface area (Å²) in [5.74, 6) is -6.85. The Morgan fingerprint density at radius 2 is 1.36 bits per heavy atom. The van der Waals surface area contributed by atoms with Gasteiger partial charge in [-0.05, 0) is 0 Å². The van der Waals surface area contributed by atoms with Gasteiger partial charge >= 0.3 is 23.9 Å². The monoisotopic (exact) mass is 341 g/mol. The Balaban J connectivity index is 3.69. The van der Waals surface area contributed by atoms with E-state index in [1.807, 2.05) is 0 Å². The molecule has 0 amide bonds. The first-order valence-corrected chi connectivity index (χ1v) is 5.11. The van der Waals surface area contributed by atoms with Gasteiger partial charge in [-0.15, -0.1) is 0 Å². The van der Waals surface area contributed by atoms with Crippen LogP contribution in [0.1, 0.15) is 5.56 Å². The van der Waals surface area contributed by atoms with Gasteiger partial charge in [0.15, 0.2) is 0 Å². The molecule has 0 spiro atoms. The van der Waals surface area contributed by atoms with Gasteiger partial charge in [0.05, 0.1) is 4.92 Å². The molecule has 0 saturated carbocycles. The maximum atomic E-state index is 13.9. The van der Waals surface area contributed by atoms with Gasteiger partial charge in [0.25, 0.3) is 5.69 Å². The standard InChI is InChI=1S/C10H4F9NO2/c11-7(9(14,15)16,8(12,13)10(17,18)19)5-2-1-3-6(4-5)20(21)22/h1-4H. The molecule has 1 aromatic carbocycles. The summed E-state index contributed by atoms with van der Waals surface area (Å²) >= 11 is 0. The van der Waals surface area contributed by atoms with Crippen LogP contribution in [0, 0.1) is 10.1 Å². The zero-order chi connectivity index (χ0) is 17.6. The number of rotatable bonds is 3. The topological polar surface area (TPSA) is 43.1 Å². The molecule has 12 heteroatoms. The minimum absolute atomic E-state index is 0.0415. The number of nitro groups is 1. The van der Waals surface area contributed by atoms with E-state index < -0.39 is 40.1 Å². The molecule has 22 heavy (non-hydrogen) atoms. The number of nitrogens with zero attached hydrogens (tertiary/aromatic N) is 1. The molecular weight excluding hydrogens is 337 g/mol. The van der Waals surface area contributed by atoms with Crippen LogP contribution in [0.25, 0.3) is 0 Å². The SMILES string of the molecule is O=[N+]([O-])c1cccc(C(F)(C(F)(F)F)C(F)(F)C(F)(F)F)c1. The highest BCUT2D eigenvalue weighted by Gasteiger charge is 2.81. The van der Waals surface area contributed by atoms with Crippen LogP contribution >= 0.6 is 0 Å². The van der Waals surface area contributed by atoms with Crippen molar-refractivity contribution < 1.29 is 44.4 Å². The fraction of sp³-hybridized carbons (Fsp3) is 0.400. The zero-order valence-corrected chi connectivity index (χ0v) is 9.97. The molecule has 0 saturated heterocycles. The van der Waals surface area contributed by atoms with Crippen LogP contribution in [0.2, 0.25) is 0 Å². The summed E-state index contributed by atoms with van der Waals surface area (Å²) in [7, 11) is 0. The molecular formula is C10H4F9NO2. The molecule has 0 aliphatic rings. The first kappa shape index (κ1) is 18.0. The average molecular weight is 341 g/mol. The van der Waals surface area contributed by atoms with Gasteiger partial charge in [0.2, 0.25) is 0 Å². The highest BCUT2D eigenvalue weighted by molar-refractivity contribution is 5.39. The van der Waals surface area contributed by atoms with Gasteiger partial charge in [0, 0.05) is 17.7 Å². The van der Waals surface area contributed by atoms with Gasteiger partial charge in [-0.3, -0.25) is 10.1 Å². The Morgan fingerprint density at radius 3 is 1.73 bits per heavy atom. The van der Waals surface area contributed by atoms with Crippen molar-refractivity contribution in [1.82, 2.24) is 0 Å². The average Bonchev–Trinajstić information content (AvgIpc) is 2.34. The minimum Gasteiger partial charge on any atom is -0.258 e. The summed E-state index contributed by atoms with van der Waals surface area (Å²) < 4.78 is 115. The molecule has 0 aliphatic carbocycles. The summed E-state index contributed by atoms with van der Waals surface area (Å²) in [5.41, 5.74) is -9.68. The van der Waals surface area contributed by atoms with E-state index >= 15 is 0 Å². The van der Waals surface area contributed by atoms with E-state index in [0.717, 1.165) is 0 Å². The van der Waals surface area contributed by atoms with Gasteiger partial charge < -0.3 is 0 Å². The van der Waals surface area contributed by atoms with E-state index in [9.17, 15) is 49.6 Å². The number of benzene rings is 1. The fourth-order valence-electron chi connectivity index (χ4n) is 1.55. The number of halogens is 9. The van der Waals surface area contributed by atoms with Crippen molar-refractivity contribution in [2.75, 3.05) is 0 Å². The maximum Gasteiger partial charge on any atom is 0.457 e. The number of hydrogen-bond donors (Lipinski definition) is 0. The van der Waals surface area contributed by atoms with E-state index in [1.165, 1.54) is 0 Å². The molecule has 0 bridgehead atoms. The van der Waals surface area contributed by atoms with Crippen molar-refractivity contribution in [1.29, 1.82) is 0 Å². The Morgan fingerprint density at radius 1 is 0.864 bits per heavy atom. The van der Waals surface area contributed by atoms with Gasteiger partial charge in [0.1, 0.15) is 0 Å². The lowest BCUT2D eigenvalue weighted by Crippen LogP contribution is -2.59. The third kappa shape index (κ3) is 2.57. The lowest BCUT2D eigenvalue weighted by atomic mass is 9.87. The van der Waals surface area contributed by atoms with Crippen LogP contribution in [0.15, 0.2) is 24.3 Å². The van der Waals surface area contributed by atoms with Crippen LogP contribution in [0.3, 0.4) is 0 Å². The fourth-order valence-corrected chi connectivity index (χ4v) is 1.55. The number of hydrogen-bond acceptors (Lipinski definition) is 2. The Bertz CT molecular complexity index is 580. The minimum atomic E-state index is -6.87. The molecule has 1 unspecified atom stereocenters. The van der Waals surface area contributed by atoms with E-state index in [0.29, 0.717) is 12.1 Å². The molecule has 0 aliphatic heterocycles. The second-order valence-corrected chi connectivity index (χ2v) is 4.04. The van der Waals surface area contributed by atoms with Gasteiger partial charge in [-0.25, -0.2) is 4.39 Å². The van der Waals surface area contributed by atoms with Crippen LogP contribution < -0.4 is 0 Å². The van der Waals surface area contributed by atoms with Crippen molar-refractivity contribution >= 4 is 5.69 Å². The molecule has 1 aromatic rings. The first-order valence-electron chi connectivity index (χ1n) is 5.11. The Hall–Kier alpha value is -2.01. The molecule has 0 fully saturated rings. The normalized spacial score (nSPS) is 16.2. The number of alkyl halides is 9. The molecule has 0 heterocycles. The molecule has 0 N–H and O–H groups in total. The van der Waals surface area contributed by atoms with Crippen LogP contribution in [-0.2, 0) is 5.67 Å². The summed E-state index contributed by atoms with van der Waals surface area (Å²) in [6.07, 6.45) is -13.6. The second kappa shape index (κ2) is 5.02. The van der Waals surface area contributed by atoms with Crippen LogP contribution in [0.4, 0.5) is 45.2 Å². The Labute approximate surface area is 115 Å². The van der Waals surface area contributed by atoms with Gasteiger partial charge in [-0.2, -0.15) is 35.1 Å². The predicted molar refractivity (Wildman–Crippen MR) is 52.9 cm³/mol.